The van der Waals surface area contributed by atoms with Crippen molar-refractivity contribution in [3.63, 3.8) is 0 Å². The number of rotatable bonds is 10. The Morgan fingerprint density at radius 3 is 1.76 bits per heavy atom. The van der Waals surface area contributed by atoms with Gasteiger partial charge >= 0.3 is 5.97 Å². The molecule has 20 heteroatoms. The number of aromatic amines is 1. The number of cyclic esters (lactones) is 1. The van der Waals surface area contributed by atoms with E-state index in [1.54, 1.807) is 60.7 Å². The summed E-state index contributed by atoms with van der Waals surface area (Å²) in [6, 6.07) is 16.2. The van der Waals surface area contributed by atoms with E-state index in [9.17, 15) is 54.0 Å². The average Bonchev–Trinajstić information content (AvgIpc) is 3.71. The fourth-order valence-corrected chi connectivity index (χ4v) is 7.27. The third-order valence-electron chi connectivity index (χ3n) is 10.4. The van der Waals surface area contributed by atoms with Gasteiger partial charge in [-0.05, 0) is 72.5 Å². The van der Waals surface area contributed by atoms with Crippen molar-refractivity contribution >= 4 is 53.0 Å². The Morgan fingerprint density at radius 1 is 0.652 bits per heavy atom. The summed E-state index contributed by atoms with van der Waals surface area (Å²) in [5, 5.41) is 56.9. The molecule has 0 unspecified atom stereocenters. The zero-order valence-electron chi connectivity index (χ0n) is 35.3. The lowest BCUT2D eigenvalue weighted by Crippen LogP contribution is -2.62. The molecule has 0 bridgehead atoms. The molecule has 19 nitrogen and oxygen atoms in total. The van der Waals surface area contributed by atoms with Crippen LogP contribution in [0.15, 0.2) is 109 Å². The second kappa shape index (κ2) is 21.1. The Bertz CT molecular complexity index is 2570. The first-order valence-corrected chi connectivity index (χ1v) is 20.8. The van der Waals surface area contributed by atoms with Gasteiger partial charge in [-0.15, -0.1) is 0 Å². The minimum atomic E-state index is -1.92. The van der Waals surface area contributed by atoms with Crippen molar-refractivity contribution in [3.05, 3.63) is 142 Å². The number of H-pyrrole nitrogens is 1. The van der Waals surface area contributed by atoms with E-state index in [1.807, 2.05) is 0 Å². The van der Waals surface area contributed by atoms with Crippen molar-refractivity contribution < 1.29 is 58.7 Å². The van der Waals surface area contributed by atoms with Gasteiger partial charge < -0.3 is 62.0 Å². The molecule has 1 saturated heterocycles. The Hall–Kier alpha value is -8.06. The number of hydrogen-bond donors (Lipinski definition) is 11. The Labute approximate surface area is 381 Å². The summed E-state index contributed by atoms with van der Waals surface area (Å²) in [6.07, 6.45) is -1.89. The van der Waals surface area contributed by atoms with Crippen molar-refractivity contribution in [3.8, 4) is 23.0 Å². The monoisotopic (exact) mass is 923 g/mol. The third-order valence-corrected chi connectivity index (χ3v) is 10.6. The molecule has 11 N–H and O–H groups in total. The summed E-state index contributed by atoms with van der Waals surface area (Å²) >= 11 is 6.01. The summed E-state index contributed by atoms with van der Waals surface area (Å²) in [5.41, 5.74) is 0.770. The van der Waals surface area contributed by atoms with Crippen LogP contribution in [-0.2, 0) is 46.3 Å². The van der Waals surface area contributed by atoms with E-state index >= 15 is 0 Å². The highest BCUT2D eigenvalue weighted by atomic mass is 35.5. The maximum atomic E-state index is 14.6. The second-order valence-corrected chi connectivity index (χ2v) is 15.9. The largest absolute Gasteiger partial charge is 0.508 e. The van der Waals surface area contributed by atoms with Crippen molar-refractivity contribution in [2.45, 2.75) is 69.0 Å². The molecule has 0 radical (unpaired) electrons. The summed E-state index contributed by atoms with van der Waals surface area (Å²) in [5.74, 6) is -9.11. The first-order valence-electron chi connectivity index (χ1n) is 20.5. The van der Waals surface area contributed by atoms with E-state index in [0.29, 0.717) is 11.1 Å². The second-order valence-electron chi connectivity index (χ2n) is 15.5. The minimum absolute atomic E-state index is 0.0162. The van der Waals surface area contributed by atoms with Crippen LogP contribution in [0.4, 0.5) is 0 Å². The lowest BCUT2D eigenvalue weighted by Gasteiger charge is -2.31. The summed E-state index contributed by atoms with van der Waals surface area (Å²) in [6.45, 7) is 2.53. The maximum absolute atomic E-state index is 14.6. The van der Waals surface area contributed by atoms with Gasteiger partial charge in [-0.1, -0.05) is 72.3 Å². The smallest absolute Gasteiger partial charge is 0.333 e. The van der Waals surface area contributed by atoms with Gasteiger partial charge in [-0.2, -0.15) is 0 Å². The number of benzene rings is 4. The number of hydrogen-bond acceptors (Lipinski definition) is 12. The van der Waals surface area contributed by atoms with Crippen LogP contribution < -0.4 is 31.9 Å². The van der Waals surface area contributed by atoms with E-state index in [1.165, 1.54) is 26.0 Å². The number of phenols is 4. The molecule has 344 valence electrons. The number of halogens is 1. The van der Waals surface area contributed by atoms with Crippen LogP contribution >= 0.6 is 11.6 Å². The topological polar surface area (TPSA) is 298 Å². The summed E-state index contributed by atoms with van der Waals surface area (Å²) in [7, 11) is 0. The van der Waals surface area contributed by atoms with Gasteiger partial charge in [0.15, 0.2) is 6.04 Å². The first kappa shape index (κ1) is 47.4. The van der Waals surface area contributed by atoms with Crippen LogP contribution in [0.1, 0.15) is 58.7 Å². The highest BCUT2D eigenvalue weighted by Crippen LogP contribution is 2.29. The van der Waals surface area contributed by atoms with E-state index < -0.39 is 107 Å². The van der Waals surface area contributed by atoms with Gasteiger partial charge in [0.1, 0.15) is 70.2 Å². The number of ether oxygens (including phenoxy) is 1. The molecule has 0 saturated carbocycles. The lowest BCUT2D eigenvalue weighted by atomic mass is 10.0. The number of amides is 6. The lowest BCUT2D eigenvalue weighted by molar-refractivity contribution is -0.156. The van der Waals surface area contributed by atoms with Crippen LogP contribution in [-0.4, -0.2) is 97.1 Å². The van der Waals surface area contributed by atoms with Crippen LogP contribution in [0, 0.1) is 0 Å². The predicted octanol–water partition coefficient (Wildman–Crippen LogP) is 2.21. The molecule has 0 aliphatic carbocycles. The molecule has 1 aliphatic heterocycles. The maximum Gasteiger partial charge on any atom is 0.333 e. The highest BCUT2D eigenvalue weighted by molar-refractivity contribution is 6.29. The van der Waals surface area contributed by atoms with E-state index in [2.05, 4.69) is 36.9 Å². The molecule has 1 aliphatic rings. The van der Waals surface area contributed by atoms with Crippen molar-refractivity contribution in [2.24, 2.45) is 0 Å². The van der Waals surface area contributed by atoms with Gasteiger partial charge in [0.25, 0.3) is 5.91 Å². The van der Waals surface area contributed by atoms with E-state index in [0.717, 1.165) is 36.4 Å². The van der Waals surface area contributed by atoms with Crippen molar-refractivity contribution in [1.29, 1.82) is 0 Å². The quantitative estimate of drug-likeness (QED) is 0.0900. The molecule has 2 heterocycles. The number of nitrogens with one attached hydrogen (secondary N) is 7. The van der Waals surface area contributed by atoms with Gasteiger partial charge in [0, 0.05) is 25.0 Å². The van der Waals surface area contributed by atoms with Gasteiger partial charge in [-0.3, -0.25) is 28.8 Å². The van der Waals surface area contributed by atoms with E-state index in [-0.39, 0.29) is 34.8 Å². The van der Waals surface area contributed by atoms with Crippen LogP contribution in [0.25, 0.3) is 0 Å². The minimum Gasteiger partial charge on any atom is -0.508 e. The number of esters is 1. The predicted molar refractivity (Wildman–Crippen MR) is 236 cm³/mol. The molecular formula is C46H46ClN7O12. The number of carbonyl (C=O) groups excluding carboxylic acids is 7. The molecule has 66 heavy (non-hydrogen) atoms. The third kappa shape index (κ3) is 12.3. The number of aromatic hydroxyl groups is 4. The summed E-state index contributed by atoms with van der Waals surface area (Å²) in [4.78, 5) is 102. The van der Waals surface area contributed by atoms with Crippen molar-refractivity contribution in [1.82, 2.24) is 36.9 Å². The number of aromatic nitrogens is 1. The Morgan fingerprint density at radius 2 is 1.20 bits per heavy atom. The number of carbonyl (C=O) groups is 7. The van der Waals surface area contributed by atoms with Gasteiger partial charge in [0.05, 0.1) is 0 Å². The van der Waals surface area contributed by atoms with Gasteiger partial charge in [-0.25, -0.2) is 4.79 Å². The number of phenolic OH excluding ortho intramolecular Hbond substituents is 4. The Balaban J connectivity index is 1.43. The first-order chi connectivity index (χ1) is 31.4. The normalized spacial score (nSPS) is 21.2. The zero-order chi connectivity index (χ0) is 47.7. The Kier molecular flexibility index (Phi) is 15.1. The van der Waals surface area contributed by atoms with Crippen molar-refractivity contribution in [2.75, 3.05) is 0 Å². The zero-order valence-corrected chi connectivity index (χ0v) is 36.0. The fourth-order valence-electron chi connectivity index (χ4n) is 7.11. The highest BCUT2D eigenvalue weighted by Gasteiger charge is 2.39. The van der Waals surface area contributed by atoms with Gasteiger partial charge in [0.2, 0.25) is 29.5 Å². The molecule has 5 aromatic rings. The summed E-state index contributed by atoms with van der Waals surface area (Å²) < 4.78 is 5.81. The average molecular weight is 924 g/mol. The van der Waals surface area contributed by atoms with Crippen LogP contribution in [0.3, 0.4) is 0 Å². The SMILES string of the molecule is C[C@@H]1NC(=O)[C@H](Cc2ccccc2)NC(=O)[C@@H](NC(=O)[C@H](Cc2ccccc2)NC(=O)c2ccc(Cl)[nH]2)[C@@H](C)OC(=O)[C@@H](c2cc(O)cc(O)c2)NC(=O)[C@@H](c2cc(O)cc(O)c2)NC1=O. The molecule has 7 atom stereocenters. The molecule has 6 amide bonds. The molecule has 6 rings (SSSR count). The van der Waals surface area contributed by atoms with Crippen LogP contribution in [0.2, 0.25) is 5.15 Å². The van der Waals surface area contributed by atoms with Crippen LogP contribution in [0.5, 0.6) is 23.0 Å². The molecule has 0 spiro atoms. The molecule has 1 aromatic heterocycles. The van der Waals surface area contributed by atoms with E-state index in [4.69, 9.17) is 16.3 Å². The molecule has 1 fully saturated rings. The standard InChI is InChI=1S/C46H46ClN7O12/c1-23-40(59)53-38(27-17-29(55)21-30(56)18-27)45(64)54-39(28-19-31(57)22-32(58)20-28)46(65)66-24(2)37(44(63)51-34(42(61)48-23)15-25-9-5-3-6-10-25)52-43(62)35(16-26-11-7-4-8-12-26)50-41(60)33-13-14-36(47)49-33/h3-14,17-24,34-35,37-39,49,55-58H,15-16H2,1-2H3,(H,48,61)(H,50,60)(H,51,63)(H,52,62)(H,53,59)(H,54,64)/t23-,24+,34-,35-,37-,38+,39+/m0/s1. The fraction of sp³-hybridized carbons (Fsp3) is 0.239. The molecular weight excluding hydrogens is 878 g/mol. The molecule has 4 aromatic carbocycles.